The summed E-state index contributed by atoms with van der Waals surface area (Å²) in [7, 11) is 1.62. The summed E-state index contributed by atoms with van der Waals surface area (Å²) in [6.07, 6.45) is 0.936. The van der Waals surface area contributed by atoms with Gasteiger partial charge in [0.15, 0.2) is 0 Å². The lowest BCUT2D eigenvalue weighted by atomic mass is 10.0. The second-order valence-corrected chi connectivity index (χ2v) is 5.33. The highest BCUT2D eigenvalue weighted by molar-refractivity contribution is 6.30. The fourth-order valence-corrected chi connectivity index (χ4v) is 2.48. The summed E-state index contributed by atoms with van der Waals surface area (Å²) in [4.78, 5) is 0. The molecule has 0 saturated heterocycles. The molecule has 2 aromatic rings. The predicted octanol–water partition coefficient (Wildman–Crippen LogP) is 4.30. The predicted molar refractivity (Wildman–Crippen MR) is 86.0 cm³/mol. The van der Waals surface area contributed by atoms with Crippen molar-refractivity contribution in [1.82, 2.24) is 5.32 Å². The zero-order valence-corrected chi connectivity index (χ0v) is 13.0. The largest absolute Gasteiger partial charge is 0.508 e. The number of benzene rings is 2. The van der Waals surface area contributed by atoms with E-state index in [0.29, 0.717) is 6.54 Å². The van der Waals surface area contributed by atoms with E-state index in [4.69, 9.17) is 16.3 Å². The van der Waals surface area contributed by atoms with Gasteiger partial charge in [0.1, 0.15) is 11.5 Å². The molecule has 0 saturated carbocycles. The number of phenols is 1. The van der Waals surface area contributed by atoms with Crippen LogP contribution < -0.4 is 10.1 Å². The topological polar surface area (TPSA) is 41.5 Å². The molecule has 0 amide bonds. The molecule has 2 N–H and O–H groups in total. The van der Waals surface area contributed by atoms with Crippen LogP contribution in [0.3, 0.4) is 0 Å². The van der Waals surface area contributed by atoms with E-state index in [-0.39, 0.29) is 11.8 Å². The number of methoxy groups -OCH3 is 1. The minimum Gasteiger partial charge on any atom is -0.508 e. The number of hydrogen-bond acceptors (Lipinski definition) is 3. The standard InChI is InChI=1S/C17H20ClNO2/c1-3-16(12-5-4-6-14(18)9-12)19-11-13-10-15(21-2)7-8-17(13)20/h4-10,16,19-20H,3,11H2,1-2H3. The molecule has 2 aromatic carbocycles. The van der Waals surface area contributed by atoms with E-state index in [1.54, 1.807) is 19.2 Å². The molecule has 1 atom stereocenters. The molecule has 0 fully saturated rings. The normalized spacial score (nSPS) is 12.1. The van der Waals surface area contributed by atoms with Crippen molar-refractivity contribution in [2.24, 2.45) is 0 Å². The van der Waals surface area contributed by atoms with Gasteiger partial charge in [-0.3, -0.25) is 0 Å². The van der Waals surface area contributed by atoms with Crippen LogP contribution in [0.1, 0.15) is 30.5 Å². The van der Waals surface area contributed by atoms with E-state index >= 15 is 0 Å². The number of hydrogen-bond donors (Lipinski definition) is 2. The molecule has 3 nitrogen and oxygen atoms in total. The Morgan fingerprint density at radius 1 is 1.24 bits per heavy atom. The molecule has 21 heavy (non-hydrogen) atoms. The highest BCUT2D eigenvalue weighted by Crippen LogP contribution is 2.25. The molecule has 0 radical (unpaired) electrons. The molecule has 2 rings (SSSR count). The van der Waals surface area contributed by atoms with Crippen LogP contribution in [0.25, 0.3) is 0 Å². The second kappa shape index (κ2) is 7.34. The number of aromatic hydroxyl groups is 1. The first-order chi connectivity index (χ1) is 10.1. The molecule has 0 spiro atoms. The van der Waals surface area contributed by atoms with Crippen LogP contribution in [0.4, 0.5) is 0 Å². The number of nitrogens with one attached hydrogen (secondary N) is 1. The van der Waals surface area contributed by atoms with Gasteiger partial charge in [0.2, 0.25) is 0 Å². The van der Waals surface area contributed by atoms with Gasteiger partial charge in [0.05, 0.1) is 7.11 Å². The summed E-state index contributed by atoms with van der Waals surface area (Å²) in [6, 6.07) is 13.3. The third kappa shape index (κ3) is 4.13. The van der Waals surface area contributed by atoms with Crippen molar-refractivity contribution < 1.29 is 9.84 Å². The first-order valence-electron chi connectivity index (χ1n) is 6.98. The van der Waals surface area contributed by atoms with Gasteiger partial charge in [-0.05, 0) is 42.3 Å². The molecular formula is C17H20ClNO2. The average Bonchev–Trinajstić information content (AvgIpc) is 2.49. The molecule has 112 valence electrons. The summed E-state index contributed by atoms with van der Waals surface area (Å²) < 4.78 is 5.19. The summed E-state index contributed by atoms with van der Waals surface area (Å²) in [5, 5.41) is 14.1. The molecule has 0 aliphatic rings. The van der Waals surface area contributed by atoms with Crippen molar-refractivity contribution in [3.05, 3.63) is 58.6 Å². The van der Waals surface area contributed by atoms with E-state index < -0.39 is 0 Å². The van der Waals surface area contributed by atoms with Crippen molar-refractivity contribution in [2.75, 3.05) is 7.11 Å². The smallest absolute Gasteiger partial charge is 0.120 e. The van der Waals surface area contributed by atoms with Crippen molar-refractivity contribution >= 4 is 11.6 Å². The average molecular weight is 306 g/mol. The zero-order valence-electron chi connectivity index (χ0n) is 12.3. The summed E-state index contributed by atoms with van der Waals surface area (Å²) in [6.45, 7) is 2.68. The Morgan fingerprint density at radius 2 is 2.05 bits per heavy atom. The highest BCUT2D eigenvalue weighted by atomic mass is 35.5. The van der Waals surface area contributed by atoms with Crippen LogP contribution in [-0.2, 0) is 6.54 Å². The van der Waals surface area contributed by atoms with Gasteiger partial charge in [-0.2, -0.15) is 0 Å². The summed E-state index contributed by atoms with van der Waals surface area (Å²) in [5.74, 6) is 1.00. The second-order valence-electron chi connectivity index (χ2n) is 4.89. The van der Waals surface area contributed by atoms with Gasteiger partial charge >= 0.3 is 0 Å². The highest BCUT2D eigenvalue weighted by Gasteiger charge is 2.11. The molecule has 0 heterocycles. The number of ether oxygens (including phenoxy) is 1. The lowest BCUT2D eigenvalue weighted by Gasteiger charge is -2.18. The maximum atomic E-state index is 9.91. The Morgan fingerprint density at radius 3 is 2.71 bits per heavy atom. The Bertz CT molecular complexity index is 601. The molecule has 0 aliphatic carbocycles. The lowest BCUT2D eigenvalue weighted by molar-refractivity contribution is 0.409. The Kier molecular flexibility index (Phi) is 5.48. The van der Waals surface area contributed by atoms with Gasteiger partial charge in [0.25, 0.3) is 0 Å². The SMILES string of the molecule is CCC(NCc1cc(OC)ccc1O)c1cccc(Cl)c1. The van der Waals surface area contributed by atoms with E-state index in [1.807, 2.05) is 24.3 Å². The Labute approximate surface area is 130 Å². The zero-order chi connectivity index (χ0) is 15.2. The first kappa shape index (κ1) is 15.7. The number of phenolic OH excluding ortho intramolecular Hbond substituents is 1. The van der Waals surface area contributed by atoms with Gasteiger partial charge < -0.3 is 15.2 Å². The fourth-order valence-electron chi connectivity index (χ4n) is 2.28. The maximum Gasteiger partial charge on any atom is 0.120 e. The van der Waals surface area contributed by atoms with Crippen molar-refractivity contribution in [2.45, 2.75) is 25.9 Å². The molecule has 0 bridgehead atoms. The van der Waals surface area contributed by atoms with E-state index in [2.05, 4.69) is 18.3 Å². The van der Waals surface area contributed by atoms with E-state index in [9.17, 15) is 5.11 Å². The minimum absolute atomic E-state index is 0.189. The van der Waals surface area contributed by atoms with Crippen molar-refractivity contribution in [3.8, 4) is 11.5 Å². The lowest BCUT2D eigenvalue weighted by Crippen LogP contribution is -2.20. The van der Waals surface area contributed by atoms with Gasteiger partial charge in [0, 0.05) is 23.2 Å². The third-order valence-electron chi connectivity index (χ3n) is 3.48. The molecule has 4 heteroatoms. The molecule has 0 aliphatic heterocycles. The monoisotopic (exact) mass is 305 g/mol. The summed E-state index contributed by atoms with van der Waals surface area (Å²) in [5.41, 5.74) is 1.96. The minimum atomic E-state index is 0.189. The third-order valence-corrected chi connectivity index (χ3v) is 3.72. The van der Waals surface area contributed by atoms with Crippen molar-refractivity contribution in [1.29, 1.82) is 0 Å². The van der Waals surface area contributed by atoms with Gasteiger partial charge in [-0.1, -0.05) is 30.7 Å². The van der Waals surface area contributed by atoms with E-state index in [0.717, 1.165) is 28.3 Å². The Hall–Kier alpha value is -1.71. The van der Waals surface area contributed by atoms with Gasteiger partial charge in [-0.25, -0.2) is 0 Å². The maximum absolute atomic E-state index is 9.91. The number of halogens is 1. The van der Waals surface area contributed by atoms with Crippen LogP contribution >= 0.6 is 11.6 Å². The van der Waals surface area contributed by atoms with E-state index in [1.165, 1.54) is 0 Å². The van der Waals surface area contributed by atoms with Crippen LogP contribution in [0.15, 0.2) is 42.5 Å². The summed E-state index contributed by atoms with van der Waals surface area (Å²) >= 11 is 6.04. The quantitative estimate of drug-likeness (QED) is 0.836. The molecular weight excluding hydrogens is 286 g/mol. The van der Waals surface area contributed by atoms with Crippen LogP contribution in [0.2, 0.25) is 5.02 Å². The van der Waals surface area contributed by atoms with Crippen LogP contribution in [0, 0.1) is 0 Å². The molecule has 1 unspecified atom stereocenters. The fraction of sp³-hybridized carbons (Fsp3) is 0.294. The first-order valence-corrected chi connectivity index (χ1v) is 7.36. The van der Waals surface area contributed by atoms with Crippen LogP contribution in [-0.4, -0.2) is 12.2 Å². The molecule has 0 aromatic heterocycles. The van der Waals surface area contributed by atoms with Crippen LogP contribution in [0.5, 0.6) is 11.5 Å². The van der Waals surface area contributed by atoms with Gasteiger partial charge in [-0.15, -0.1) is 0 Å². The Balaban J connectivity index is 2.10. The van der Waals surface area contributed by atoms with Crippen molar-refractivity contribution in [3.63, 3.8) is 0 Å². The number of rotatable bonds is 6.